The Hall–Kier alpha value is -1.57. The molecule has 0 saturated carbocycles. The van der Waals surface area contributed by atoms with Crippen LogP contribution in [0.3, 0.4) is 0 Å². The summed E-state index contributed by atoms with van der Waals surface area (Å²) < 4.78 is 0. The van der Waals surface area contributed by atoms with E-state index in [-0.39, 0.29) is 5.75 Å². The largest absolute Gasteiger partial charge is 0.288 e. The third-order valence-corrected chi connectivity index (χ3v) is 1.81. The van der Waals surface area contributed by atoms with Crippen LogP contribution in [0.2, 0.25) is 0 Å². The van der Waals surface area contributed by atoms with Crippen molar-refractivity contribution in [2.24, 2.45) is 0 Å². The van der Waals surface area contributed by atoms with Gasteiger partial charge in [0, 0.05) is 11.6 Å². The fraction of sp³-hybridized carbons (Fsp3) is 0.100. The second kappa shape index (κ2) is 2.48. The summed E-state index contributed by atoms with van der Waals surface area (Å²) in [6.07, 6.45) is 1.71. The molecule has 1 radical (unpaired) electrons. The van der Waals surface area contributed by atoms with E-state index in [2.05, 4.69) is 4.98 Å². The lowest BCUT2D eigenvalue weighted by atomic mass is 10.2. The number of hydrogen-bond acceptors (Lipinski definition) is 1. The number of nitrogens with zero attached hydrogens (tertiary/aromatic N) is 1. The molecule has 1 aromatic heterocycles. The molecule has 0 unspecified atom stereocenters. The fourth-order valence-electron chi connectivity index (χ4n) is 1.24. The standard InChI is InChI=1S/C10H8NO/c1-7-5-8-3-2-4-9(12)10(8)11-6-7/h2-6H,1H3. The molecule has 0 spiro atoms. The zero-order chi connectivity index (χ0) is 8.55. The molecule has 0 fully saturated rings. The Morgan fingerprint density at radius 3 is 3.00 bits per heavy atom. The molecule has 0 aliphatic carbocycles. The van der Waals surface area contributed by atoms with E-state index in [4.69, 9.17) is 0 Å². The predicted octanol–water partition coefficient (Wildman–Crippen LogP) is 2.69. The van der Waals surface area contributed by atoms with E-state index in [1.54, 1.807) is 12.3 Å². The Morgan fingerprint density at radius 1 is 1.33 bits per heavy atom. The fourth-order valence-corrected chi connectivity index (χ4v) is 1.24. The van der Waals surface area contributed by atoms with Crippen LogP contribution in [0.4, 0.5) is 0 Å². The second-order valence-electron chi connectivity index (χ2n) is 2.84. The van der Waals surface area contributed by atoms with Crippen LogP contribution in [0.15, 0.2) is 30.5 Å². The normalized spacial score (nSPS) is 10.4. The number of hydrogen-bond donors (Lipinski definition) is 0. The summed E-state index contributed by atoms with van der Waals surface area (Å²) in [5, 5.41) is 12.1. The van der Waals surface area contributed by atoms with E-state index in [0.29, 0.717) is 5.52 Å². The molecule has 12 heavy (non-hydrogen) atoms. The van der Waals surface area contributed by atoms with Gasteiger partial charge in [0.15, 0.2) is 0 Å². The van der Waals surface area contributed by atoms with Gasteiger partial charge in [-0.3, -0.25) is 10.1 Å². The molecule has 1 heterocycles. The van der Waals surface area contributed by atoms with Crippen molar-refractivity contribution in [1.82, 2.24) is 4.98 Å². The Kier molecular flexibility index (Phi) is 1.47. The van der Waals surface area contributed by atoms with Crippen LogP contribution in [-0.4, -0.2) is 4.98 Å². The smallest absolute Gasteiger partial charge is 0.204 e. The van der Waals surface area contributed by atoms with Crippen molar-refractivity contribution in [3.05, 3.63) is 36.0 Å². The van der Waals surface area contributed by atoms with Gasteiger partial charge in [-0.25, -0.2) is 0 Å². The maximum absolute atomic E-state index is 11.2. The predicted molar refractivity (Wildman–Crippen MR) is 46.6 cm³/mol. The lowest BCUT2D eigenvalue weighted by molar-refractivity contribution is 0.359. The van der Waals surface area contributed by atoms with Gasteiger partial charge >= 0.3 is 0 Å². The van der Waals surface area contributed by atoms with Crippen molar-refractivity contribution in [3.63, 3.8) is 0 Å². The van der Waals surface area contributed by atoms with Gasteiger partial charge in [0.25, 0.3) is 0 Å². The van der Waals surface area contributed by atoms with E-state index in [1.807, 2.05) is 19.1 Å². The van der Waals surface area contributed by atoms with Gasteiger partial charge in [-0.2, -0.15) is 0 Å². The van der Waals surface area contributed by atoms with Crippen LogP contribution in [0.25, 0.3) is 10.9 Å². The van der Waals surface area contributed by atoms with Crippen LogP contribution < -0.4 is 0 Å². The zero-order valence-corrected chi connectivity index (χ0v) is 6.74. The average molecular weight is 158 g/mol. The van der Waals surface area contributed by atoms with Gasteiger partial charge in [0.1, 0.15) is 5.52 Å². The second-order valence-corrected chi connectivity index (χ2v) is 2.84. The maximum atomic E-state index is 11.2. The Morgan fingerprint density at radius 2 is 2.17 bits per heavy atom. The van der Waals surface area contributed by atoms with Crippen LogP contribution in [0.5, 0.6) is 5.75 Å². The highest BCUT2D eigenvalue weighted by Gasteiger charge is 2.00. The lowest BCUT2D eigenvalue weighted by Crippen LogP contribution is -1.80. The molecule has 0 aliphatic rings. The summed E-state index contributed by atoms with van der Waals surface area (Å²) in [5.41, 5.74) is 1.64. The molecule has 1 aromatic carbocycles. The zero-order valence-electron chi connectivity index (χ0n) is 6.74. The molecular formula is C10H8NO. The first kappa shape index (κ1) is 7.10. The molecular weight excluding hydrogens is 150 g/mol. The van der Waals surface area contributed by atoms with Gasteiger partial charge < -0.3 is 0 Å². The van der Waals surface area contributed by atoms with Gasteiger partial charge in [-0.05, 0) is 24.6 Å². The first-order valence-electron chi connectivity index (χ1n) is 3.80. The number of aromatic nitrogens is 1. The van der Waals surface area contributed by atoms with Crippen molar-refractivity contribution in [3.8, 4) is 5.75 Å². The molecule has 0 N–H and O–H groups in total. The molecule has 2 nitrogen and oxygen atoms in total. The first-order valence-corrected chi connectivity index (χ1v) is 3.80. The minimum absolute atomic E-state index is 0.00694. The van der Waals surface area contributed by atoms with E-state index in [0.717, 1.165) is 10.9 Å². The van der Waals surface area contributed by atoms with E-state index in [1.165, 1.54) is 6.07 Å². The van der Waals surface area contributed by atoms with Crippen LogP contribution >= 0.6 is 0 Å². The highest BCUT2D eigenvalue weighted by Crippen LogP contribution is 2.22. The lowest BCUT2D eigenvalue weighted by Gasteiger charge is -1.97. The topological polar surface area (TPSA) is 32.8 Å². The minimum atomic E-state index is -0.00694. The van der Waals surface area contributed by atoms with E-state index in [9.17, 15) is 5.11 Å². The average Bonchev–Trinajstić information content (AvgIpc) is 2.04. The molecule has 0 bridgehead atoms. The highest BCUT2D eigenvalue weighted by atomic mass is 16.3. The molecule has 2 aromatic rings. The Balaban J connectivity index is 2.86. The quantitative estimate of drug-likeness (QED) is 0.580. The maximum Gasteiger partial charge on any atom is 0.204 e. The Bertz CT molecular complexity index is 423. The molecule has 0 amide bonds. The number of fused-ring (bicyclic) bond motifs is 1. The van der Waals surface area contributed by atoms with Gasteiger partial charge in [0.05, 0.1) is 0 Å². The molecule has 0 atom stereocenters. The van der Waals surface area contributed by atoms with Crippen molar-refractivity contribution in [1.29, 1.82) is 0 Å². The number of aryl methyl sites for hydroxylation is 1. The number of pyridine rings is 1. The molecule has 2 rings (SSSR count). The van der Waals surface area contributed by atoms with Crippen LogP contribution in [-0.2, 0) is 5.11 Å². The molecule has 0 saturated heterocycles. The number of para-hydroxylation sites is 1. The Labute approximate surface area is 70.5 Å². The van der Waals surface area contributed by atoms with Crippen molar-refractivity contribution in [2.45, 2.75) is 6.92 Å². The van der Waals surface area contributed by atoms with Gasteiger partial charge in [0.2, 0.25) is 5.75 Å². The molecule has 59 valence electrons. The van der Waals surface area contributed by atoms with E-state index < -0.39 is 0 Å². The van der Waals surface area contributed by atoms with Gasteiger partial charge in [-0.1, -0.05) is 12.1 Å². The van der Waals surface area contributed by atoms with Gasteiger partial charge in [-0.15, -0.1) is 0 Å². The summed E-state index contributed by atoms with van der Waals surface area (Å²) in [6.45, 7) is 1.96. The monoisotopic (exact) mass is 158 g/mol. The summed E-state index contributed by atoms with van der Waals surface area (Å²) in [4.78, 5) is 4.07. The first-order chi connectivity index (χ1) is 5.77. The highest BCUT2D eigenvalue weighted by molar-refractivity contribution is 5.84. The summed E-state index contributed by atoms with van der Waals surface area (Å²) in [6, 6.07) is 7.15. The number of benzene rings is 1. The van der Waals surface area contributed by atoms with Crippen molar-refractivity contribution < 1.29 is 5.11 Å². The summed E-state index contributed by atoms with van der Waals surface area (Å²) >= 11 is 0. The van der Waals surface area contributed by atoms with Crippen molar-refractivity contribution in [2.75, 3.05) is 0 Å². The van der Waals surface area contributed by atoms with Crippen molar-refractivity contribution >= 4 is 10.9 Å². The SMILES string of the molecule is Cc1cnc2c([O])cccc2c1. The molecule has 2 heteroatoms. The third kappa shape index (κ3) is 1.01. The summed E-state index contributed by atoms with van der Waals surface area (Å²) in [7, 11) is 0. The molecule has 0 aliphatic heterocycles. The number of rotatable bonds is 0. The minimum Gasteiger partial charge on any atom is -0.288 e. The van der Waals surface area contributed by atoms with Crippen LogP contribution in [0.1, 0.15) is 5.56 Å². The van der Waals surface area contributed by atoms with E-state index >= 15 is 0 Å². The summed E-state index contributed by atoms with van der Waals surface area (Å²) in [5.74, 6) is -0.00694. The van der Waals surface area contributed by atoms with Crippen LogP contribution in [0, 0.1) is 6.92 Å². The third-order valence-electron chi connectivity index (χ3n) is 1.81.